The van der Waals surface area contributed by atoms with Crippen molar-refractivity contribution in [1.82, 2.24) is 0 Å². The maximum absolute atomic E-state index is 10.1. The molecule has 3 nitrogen and oxygen atoms in total. The quantitative estimate of drug-likeness (QED) is 0.695. The summed E-state index contributed by atoms with van der Waals surface area (Å²) < 4.78 is 11.5. The summed E-state index contributed by atoms with van der Waals surface area (Å²) in [5.74, 6) is 1.31. The molecule has 3 heteroatoms. The summed E-state index contributed by atoms with van der Waals surface area (Å²) >= 11 is 0. The van der Waals surface area contributed by atoms with Gasteiger partial charge in [0.2, 0.25) is 6.29 Å². The Balaban J connectivity index is 1.55. The molecule has 1 unspecified atom stereocenters. The number of hydrogen-bond acceptors (Lipinski definition) is 3. The number of rotatable bonds is 5. The lowest BCUT2D eigenvalue weighted by molar-refractivity contribution is 0.0224. The Bertz CT molecular complexity index is 972. The van der Waals surface area contributed by atoms with Gasteiger partial charge < -0.3 is 14.6 Å². The third-order valence-corrected chi connectivity index (χ3v) is 4.51. The van der Waals surface area contributed by atoms with E-state index in [2.05, 4.69) is 6.58 Å². The predicted octanol–water partition coefficient (Wildman–Crippen LogP) is 5.05. The minimum absolute atomic E-state index is 0.458. The molecule has 0 radical (unpaired) electrons. The lowest BCUT2D eigenvalue weighted by Crippen LogP contribution is -2.18. The minimum atomic E-state index is -0.977. The first-order valence-corrected chi connectivity index (χ1v) is 8.83. The lowest BCUT2D eigenvalue weighted by Gasteiger charge is -2.23. The number of benzene rings is 3. The molecule has 1 atom stereocenters. The van der Waals surface area contributed by atoms with Crippen LogP contribution in [0, 0.1) is 0 Å². The van der Waals surface area contributed by atoms with Crippen molar-refractivity contribution in [1.29, 1.82) is 0 Å². The van der Waals surface area contributed by atoms with Crippen LogP contribution in [-0.4, -0.2) is 11.4 Å². The van der Waals surface area contributed by atoms with Crippen molar-refractivity contribution >= 4 is 11.6 Å². The van der Waals surface area contributed by atoms with Gasteiger partial charge in [0.1, 0.15) is 18.1 Å². The first-order valence-electron chi connectivity index (χ1n) is 8.83. The van der Waals surface area contributed by atoms with E-state index in [1.165, 1.54) is 0 Å². The van der Waals surface area contributed by atoms with Crippen LogP contribution in [0.1, 0.15) is 22.3 Å². The lowest BCUT2D eigenvalue weighted by atomic mass is 9.95. The van der Waals surface area contributed by atoms with Crippen LogP contribution < -0.4 is 9.47 Å². The number of ether oxygens (including phenoxy) is 2. The standard InChI is InChI=1S/C24H20O3/c1-2-17-8-10-18(11-9-17)16-26-20-12-13-21-22(19-6-4-3-5-7-19)15-24(25)27-23(21)14-20/h2-15,24-25H,1,16H2. The minimum Gasteiger partial charge on any atom is -0.489 e. The Kier molecular flexibility index (Phi) is 4.77. The smallest absolute Gasteiger partial charge is 0.218 e. The van der Waals surface area contributed by atoms with E-state index in [0.717, 1.165) is 27.8 Å². The molecule has 1 aliphatic heterocycles. The van der Waals surface area contributed by atoms with E-state index >= 15 is 0 Å². The third kappa shape index (κ3) is 3.78. The van der Waals surface area contributed by atoms with E-state index in [1.807, 2.05) is 78.9 Å². The first kappa shape index (κ1) is 17.1. The molecule has 0 spiro atoms. The molecule has 27 heavy (non-hydrogen) atoms. The highest BCUT2D eigenvalue weighted by Crippen LogP contribution is 2.37. The second-order valence-corrected chi connectivity index (χ2v) is 6.35. The molecule has 3 aromatic rings. The number of hydrogen-bond donors (Lipinski definition) is 1. The summed E-state index contributed by atoms with van der Waals surface area (Å²) in [6, 6.07) is 23.7. The molecule has 0 amide bonds. The van der Waals surface area contributed by atoms with Gasteiger partial charge in [0.25, 0.3) is 0 Å². The molecule has 0 aromatic heterocycles. The fraction of sp³-hybridized carbons (Fsp3) is 0.0833. The zero-order valence-corrected chi connectivity index (χ0v) is 14.8. The number of aliphatic hydroxyl groups is 1. The highest BCUT2D eigenvalue weighted by atomic mass is 16.6. The van der Waals surface area contributed by atoms with E-state index in [4.69, 9.17) is 9.47 Å². The molecule has 0 bridgehead atoms. The summed E-state index contributed by atoms with van der Waals surface area (Å²) in [5, 5.41) is 10.1. The Morgan fingerprint density at radius 3 is 2.52 bits per heavy atom. The Hall–Kier alpha value is -3.30. The Labute approximate surface area is 158 Å². The molecule has 134 valence electrons. The Morgan fingerprint density at radius 1 is 1.00 bits per heavy atom. The molecular formula is C24H20O3. The van der Waals surface area contributed by atoms with Gasteiger partial charge in [-0.15, -0.1) is 0 Å². The largest absolute Gasteiger partial charge is 0.489 e. The van der Waals surface area contributed by atoms with Gasteiger partial charge in [-0.05, 0) is 40.5 Å². The van der Waals surface area contributed by atoms with Crippen molar-refractivity contribution in [2.75, 3.05) is 0 Å². The number of aliphatic hydroxyl groups excluding tert-OH is 1. The van der Waals surface area contributed by atoms with E-state index in [0.29, 0.717) is 18.1 Å². The summed E-state index contributed by atoms with van der Waals surface area (Å²) in [4.78, 5) is 0. The van der Waals surface area contributed by atoms with Crippen LogP contribution in [-0.2, 0) is 6.61 Å². The van der Waals surface area contributed by atoms with Crippen LogP contribution in [0.3, 0.4) is 0 Å². The van der Waals surface area contributed by atoms with Gasteiger partial charge in [-0.2, -0.15) is 0 Å². The summed E-state index contributed by atoms with van der Waals surface area (Å²) in [5.41, 5.74) is 5.08. The van der Waals surface area contributed by atoms with Gasteiger partial charge >= 0.3 is 0 Å². The highest BCUT2D eigenvalue weighted by molar-refractivity contribution is 5.84. The molecule has 4 rings (SSSR count). The van der Waals surface area contributed by atoms with Crippen LogP contribution in [0.5, 0.6) is 11.5 Å². The third-order valence-electron chi connectivity index (χ3n) is 4.51. The van der Waals surface area contributed by atoms with Gasteiger partial charge in [0, 0.05) is 11.6 Å². The average Bonchev–Trinajstić information content (AvgIpc) is 2.72. The second kappa shape index (κ2) is 7.52. The summed E-state index contributed by atoms with van der Waals surface area (Å²) in [6.07, 6.45) is 2.56. The van der Waals surface area contributed by atoms with Gasteiger partial charge in [-0.25, -0.2) is 0 Å². The molecule has 1 N–H and O–H groups in total. The molecule has 1 aliphatic rings. The summed E-state index contributed by atoms with van der Waals surface area (Å²) in [7, 11) is 0. The highest BCUT2D eigenvalue weighted by Gasteiger charge is 2.20. The molecule has 0 saturated carbocycles. The molecular weight excluding hydrogens is 336 g/mol. The normalized spacial score (nSPS) is 15.3. The monoisotopic (exact) mass is 356 g/mol. The second-order valence-electron chi connectivity index (χ2n) is 6.35. The number of fused-ring (bicyclic) bond motifs is 1. The molecule has 3 aromatic carbocycles. The average molecular weight is 356 g/mol. The van der Waals surface area contributed by atoms with Crippen LogP contribution in [0.2, 0.25) is 0 Å². The zero-order chi connectivity index (χ0) is 18.6. The van der Waals surface area contributed by atoms with Crippen molar-refractivity contribution in [3.63, 3.8) is 0 Å². The zero-order valence-electron chi connectivity index (χ0n) is 14.8. The van der Waals surface area contributed by atoms with Crippen LogP contribution in [0.4, 0.5) is 0 Å². The fourth-order valence-corrected chi connectivity index (χ4v) is 3.09. The van der Waals surface area contributed by atoms with E-state index in [-0.39, 0.29) is 0 Å². The van der Waals surface area contributed by atoms with Gasteiger partial charge in [-0.3, -0.25) is 0 Å². The van der Waals surface area contributed by atoms with E-state index in [9.17, 15) is 5.11 Å². The van der Waals surface area contributed by atoms with Crippen LogP contribution in [0.15, 0.2) is 85.5 Å². The maximum Gasteiger partial charge on any atom is 0.218 e. The Morgan fingerprint density at radius 2 is 1.78 bits per heavy atom. The molecule has 0 saturated heterocycles. The van der Waals surface area contributed by atoms with Crippen molar-refractivity contribution in [2.24, 2.45) is 0 Å². The van der Waals surface area contributed by atoms with Gasteiger partial charge in [-0.1, -0.05) is 67.3 Å². The van der Waals surface area contributed by atoms with E-state index < -0.39 is 6.29 Å². The first-order chi connectivity index (χ1) is 13.2. The maximum atomic E-state index is 10.1. The van der Waals surface area contributed by atoms with Crippen molar-refractivity contribution in [3.05, 3.63) is 108 Å². The SMILES string of the molecule is C=Cc1ccc(COc2ccc3c(c2)OC(O)C=C3c2ccccc2)cc1. The fourth-order valence-electron chi connectivity index (χ4n) is 3.09. The van der Waals surface area contributed by atoms with Crippen LogP contribution in [0.25, 0.3) is 11.6 Å². The van der Waals surface area contributed by atoms with Gasteiger partial charge in [0.15, 0.2) is 0 Å². The molecule has 1 heterocycles. The van der Waals surface area contributed by atoms with Crippen LogP contribution >= 0.6 is 0 Å². The summed E-state index contributed by atoms with van der Waals surface area (Å²) in [6.45, 7) is 4.22. The van der Waals surface area contributed by atoms with Crippen molar-refractivity contribution in [3.8, 4) is 11.5 Å². The predicted molar refractivity (Wildman–Crippen MR) is 107 cm³/mol. The van der Waals surface area contributed by atoms with Gasteiger partial charge in [0.05, 0.1) is 0 Å². The van der Waals surface area contributed by atoms with E-state index in [1.54, 1.807) is 6.08 Å². The topological polar surface area (TPSA) is 38.7 Å². The van der Waals surface area contributed by atoms with Crippen molar-refractivity contribution in [2.45, 2.75) is 12.9 Å². The van der Waals surface area contributed by atoms with Crippen molar-refractivity contribution < 1.29 is 14.6 Å². The molecule has 0 aliphatic carbocycles. The molecule has 0 fully saturated rings.